The first-order valence-corrected chi connectivity index (χ1v) is 9.13. The van der Waals surface area contributed by atoms with Gasteiger partial charge >= 0.3 is 12.1 Å². The second-order valence-electron chi connectivity index (χ2n) is 6.24. The highest BCUT2D eigenvalue weighted by Crippen LogP contribution is 2.34. The van der Waals surface area contributed by atoms with Gasteiger partial charge in [0.1, 0.15) is 11.3 Å². The monoisotopic (exact) mass is 433 g/mol. The number of benzene rings is 2. The lowest BCUT2D eigenvalue weighted by atomic mass is 10.1. The zero-order valence-corrected chi connectivity index (χ0v) is 16.6. The summed E-state index contributed by atoms with van der Waals surface area (Å²) < 4.78 is 51.3. The predicted molar refractivity (Wildman–Crippen MR) is 105 cm³/mol. The topological polar surface area (TPSA) is 82.5 Å². The minimum Gasteiger partial charge on any atom is -0.495 e. The Hall–Kier alpha value is -3.82. The molecule has 10 heteroatoms. The fraction of sp³-hybridized carbons (Fsp3) is 0.190. The summed E-state index contributed by atoms with van der Waals surface area (Å²) in [5.74, 6) is -1.13. The third-order valence-electron chi connectivity index (χ3n) is 4.26. The molecule has 1 N–H and O–H groups in total. The Kier molecular flexibility index (Phi) is 6.28. The molecule has 0 aliphatic rings. The lowest BCUT2D eigenvalue weighted by Gasteiger charge is -2.13. The summed E-state index contributed by atoms with van der Waals surface area (Å²) in [5.41, 5.74) is -1.26. The highest BCUT2D eigenvalue weighted by atomic mass is 19.4. The molecular formula is C21H18F3N3O4. The van der Waals surface area contributed by atoms with Crippen molar-refractivity contribution in [2.45, 2.75) is 13.1 Å². The van der Waals surface area contributed by atoms with Crippen LogP contribution in [0, 0.1) is 0 Å². The van der Waals surface area contributed by atoms with E-state index in [1.165, 1.54) is 38.3 Å². The van der Waals surface area contributed by atoms with E-state index in [1.54, 1.807) is 24.3 Å². The number of ether oxygens (including phenoxy) is 2. The fourth-order valence-electron chi connectivity index (χ4n) is 2.87. The number of carbonyl (C=O) groups excluding carboxylic acids is 2. The predicted octanol–water partition coefficient (Wildman–Crippen LogP) is 4.33. The van der Waals surface area contributed by atoms with Crippen molar-refractivity contribution in [2.75, 3.05) is 19.0 Å². The number of halogens is 3. The van der Waals surface area contributed by atoms with Crippen LogP contribution >= 0.6 is 0 Å². The number of hydrogen-bond donors (Lipinski definition) is 1. The van der Waals surface area contributed by atoms with Crippen LogP contribution in [0.2, 0.25) is 0 Å². The van der Waals surface area contributed by atoms with E-state index >= 15 is 0 Å². The zero-order chi connectivity index (χ0) is 22.6. The number of para-hydroxylation sites is 2. The van der Waals surface area contributed by atoms with Crippen LogP contribution in [0.3, 0.4) is 0 Å². The van der Waals surface area contributed by atoms with Gasteiger partial charge in [-0.05, 0) is 43.3 Å². The Balaban J connectivity index is 1.89. The molecule has 2 aromatic carbocycles. The van der Waals surface area contributed by atoms with Crippen molar-refractivity contribution in [3.05, 3.63) is 71.5 Å². The molecule has 0 fully saturated rings. The molecule has 0 saturated heterocycles. The van der Waals surface area contributed by atoms with Gasteiger partial charge in [0.15, 0.2) is 5.69 Å². The standard InChI is InChI=1S/C21H18F3N3O4/c1-3-31-20(29)15-12-25-27(18(15)21(22,23)24)14-10-8-13(9-11-14)19(28)26-16-6-4-5-7-17(16)30-2/h4-12H,3H2,1-2H3,(H,26,28). The first-order chi connectivity index (χ1) is 14.8. The number of nitrogens with one attached hydrogen (secondary N) is 1. The molecule has 0 atom stereocenters. The molecule has 0 aliphatic heterocycles. The van der Waals surface area contributed by atoms with E-state index in [4.69, 9.17) is 4.74 Å². The van der Waals surface area contributed by atoms with E-state index in [-0.39, 0.29) is 17.9 Å². The molecule has 31 heavy (non-hydrogen) atoms. The largest absolute Gasteiger partial charge is 0.495 e. The van der Waals surface area contributed by atoms with E-state index in [0.717, 1.165) is 6.20 Å². The van der Waals surface area contributed by atoms with E-state index in [1.807, 2.05) is 0 Å². The molecule has 0 bridgehead atoms. The van der Waals surface area contributed by atoms with Gasteiger partial charge in [-0.15, -0.1) is 0 Å². The molecule has 1 aromatic heterocycles. The maximum Gasteiger partial charge on any atom is 0.434 e. The number of amides is 1. The number of nitrogens with zero attached hydrogens (tertiary/aromatic N) is 2. The minimum absolute atomic E-state index is 0.0247. The van der Waals surface area contributed by atoms with Crippen LogP contribution in [0.5, 0.6) is 5.75 Å². The highest BCUT2D eigenvalue weighted by Gasteiger charge is 2.41. The molecule has 3 aromatic rings. The van der Waals surface area contributed by atoms with Gasteiger partial charge in [0.05, 0.1) is 31.3 Å². The first-order valence-electron chi connectivity index (χ1n) is 9.13. The molecule has 1 amide bonds. The molecule has 162 valence electrons. The van der Waals surface area contributed by atoms with Gasteiger partial charge in [0.2, 0.25) is 0 Å². The summed E-state index contributed by atoms with van der Waals surface area (Å²) in [6.45, 7) is 1.42. The molecule has 0 saturated carbocycles. The number of rotatable bonds is 6. The van der Waals surface area contributed by atoms with Crippen molar-refractivity contribution >= 4 is 17.6 Å². The van der Waals surface area contributed by atoms with Crippen LogP contribution in [0.1, 0.15) is 33.3 Å². The smallest absolute Gasteiger partial charge is 0.434 e. The van der Waals surface area contributed by atoms with Gasteiger partial charge in [0.25, 0.3) is 5.91 Å². The first kappa shape index (κ1) is 21.9. The van der Waals surface area contributed by atoms with Crippen LogP contribution in [0.4, 0.5) is 18.9 Å². The Morgan fingerprint density at radius 3 is 2.39 bits per heavy atom. The Morgan fingerprint density at radius 1 is 1.10 bits per heavy atom. The van der Waals surface area contributed by atoms with E-state index < -0.39 is 29.3 Å². The van der Waals surface area contributed by atoms with Gasteiger partial charge in [-0.25, -0.2) is 9.48 Å². The van der Waals surface area contributed by atoms with Crippen molar-refractivity contribution in [1.82, 2.24) is 9.78 Å². The van der Waals surface area contributed by atoms with Crippen LogP contribution < -0.4 is 10.1 Å². The second-order valence-corrected chi connectivity index (χ2v) is 6.24. The summed E-state index contributed by atoms with van der Waals surface area (Å²) in [4.78, 5) is 24.4. The normalized spacial score (nSPS) is 11.1. The molecule has 7 nitrogen and oxygen atoms in total. The number of methoxy groups -OCH3 is 1. The summed E-state index contributed by atoms with van der Waals surface area (Å²) in [6, 6.07) is 12.1. The van der Waals surface area contributed by atoms with Crippen LogP contribution in [0.15, 0.2) is 54.7 Å². The van der Waals surface area contributed by atoms with E-state index in [2.05, 4.69) is 15.2 Å². The van der Waals surface area contributed by atoms with Crippen LogP contribution in [-0.2, 0) is 10.9 Å². The van der Waals surface area contributed by atoms with Gasteiger partial charge in [-0.1, -0.05) is 12.1 Å². The quantitative estimate of drug-likeness (QED) is 0.585. The Morgan fingerprint density at radius 2 is 1.77 bits per heavy atom. The number of hydrogen-bond acceptors (Lipinski definition) is 5. The Bertz CT molecular complexity index is 1090. The number of carbonyl (C=O) groups is 2. The van der Waals surface area contributed by atoms with Crippen LogP contribution in [-0.4, -0.2) is 35.4 Å². The fourth-order valence-corrected chi connectivity index (χ4v) is 2.87. The summed E-state index contributed by atoms with van der Waals surface area (Å²) in [6.07, 6.45) is -4.04. The molecule has 0 aliphatic carbocycles. The van der Waals surface area contributed by atoms with Crippen molar-refractivity contribution in [3.63, 3.8) is 0 Å². The molecule has 0 radical (unpaired) electrons. The zero-order valence-electron chi connectivity index (χ0n) is 16.6. The highest BCUT2D eigenvalue weighted by molar-refractivity contribution is 6.05. The van der Waals surface area contributed by atoms with Crippen molar-refractivity contribution < 1.29 is 32.2 Å². The summed E-state index contributed by atoms with van der Waals surface area (Å²) in [5, 5.41) is 6.38. The van der Waals surface area contributed by atoms with E-state index in [9.17, 15) is 22.8 Å². The molecular weight excluding hydrogens is 415 g/mol. The second kappa shape index (κ2) is 8.90. The van der Waals surface area contributed by atoms with Crippen molar-refractivity contribution in [1.29, 1.82) is 0 Å². The maximum atomic E-state index is 13.6. The molecule has 1 heterocycles. The van der Waals surface area contributed by atoms with Gasteiger partial charge in [-0.2, -0.15) is 18.3 Å². The summed E-state index contributed by atoms with van der Waals surface area (Å²) >= 11 is 0. The number of anilines is 1. The third-order valence-corrected chi connectivity index (χ3v) is 4.26. The van der Waals surface area contributed by atoms with Crippen LogP contribution in [0.25, 0.3) is 5.69 Å². The number of aromatic nitrogens is 2. The lowest BCUT2D eigenvalue weighted by molar-refractivity contribution is -0.143. The minimum atomic E-state index is -4.85. The van der Waals surface area contributed by atoms with Gasteiger partial charge < -0.3 is 14.8 Å². The third kappa shape index (κ3) is 4.68. The maximum absolute atomic E-state index is 13.6. The summed E-state index contributed by atoms with van der Waals surface area (Å²) in [7, 11) is 1.46. The SMILES string of the molecule is CCOC(=O)c1cnn(-c2ccc(C(=O)Nc3ccccc3OC)cc2)c1C(F)(F)F. The van der Waals surface area contributed by atoms with Crippen molar-refractivity contribution in [3.8, 4) is 11.4 Å². The van der Waals surface area contributed by atoms with Gasteiger partial charge in [-0.3, -0.25) is 4.79 Å². The van der Waals surface area contributed by atoms with Gasteiger partial charge in [0, 0.05) is 5.56 Å². The van der Waals surface area contributed by atoms with E-state index in [0.29, 0.717) is 16.1 Å². The molecule has 0 spiro atoms. The lowest BCUT2D eigenvalue weighted by Crippen LogP contribution is -2.18. The average molecular weight is 433 g/mol. The average Bonchev–Trinajstić information content (AvgIpc) is 3.20. The molecule has 0 unspecified atom stereocenters. The molecule has 3 rings (SSSR count). The Labute approximate surface area is 175 Å². The number of alkyl halides is 3. The van der Waals surface area contributed by atoms with Crippen molar-refractivity contribution in [2.24, 2.45) is 0 Å². The number of esters is 1.